The molecule has 1 amide bonds. The number of hydrogen-bond donors (Lipinski definition) is 1. The van der Waals surface area contributed by atoms with Crippen LogP contribution in [0.3, 0.4) is 0 Å². The average molecular weight is 229 g/mol. The summed E-state index contributed by atoms with van der Waals surface area (Å²) < 4.78 is 0. The van der Waals surface area contributed by atoms with Gasteiger partial charge in [0.25, 0.3) is 5.91 Å². The maximum Gasteiger partial charge on any atom is 0.251 e. The fourth-order valence-electron chi connectivity index (χ4n) is 2.06. The minimum Gasteiger partial charge on any atom is -0.348 e. The Hall–Kier alpha value is -1.57. The van der Waals surface area contributed by atoms with Crippen molar-refractivity contribution >= 4 is 5.91 Å². The normalized spacial score (nSPS) is 16.2. The van der Waals surface area contributed by atoms with Crippen molar-refractivity contribution in [3.8, 4) is 0 Å². The van der Waals surface area contributed by atoms with Crippen LogP contribution in [-0.4, -0.2) is 12.5 Å². The van der Waals surface area contributed by atoms with Gasteiger partial charge in [0.05, 0.1) is 0 Å². The summed E-state index contributed by atoms with van der Waals surface area (Å²) in [6, 6.07) is 6.13. The quantitative estimate of drug-likeness (QED) is 0.681. The Labute approximate surface area is 103 Å². The zero-order valence-corrected chi connectivity index (χ0v) is 10.8. The van der Waals surface area contributed by atoms with Gasteiger partial charge in [-0.2, -0.15) is 0 Å². The van der Waals surface area contributed by atoms with Crippen molar-refractivity contribution in [1.82, 2.24) is 5.32 Å². The van der Waals surface area contributed by atoms with Gasteiger partial charge in [0.15, 0.2) is 0 Å². The number of carbonyl (C=O) groups excluding carboxylic acids is 1. The van der Waals surface area contributed by atoms with Gasteiger partial charge in [-0.25, -0.2) is 0 Å². The topological polar surface area (TPSA) is 29.1 Å². The highest BCUT2D eigenvalue weighted by atomic mass is 16.1. The van der Waals surface area contributed by atoms with Crippen molar-refractivity contribution in [3.63, 3.8) is 0 Å². The van der Waals surface area contributed by atoms with E-state index in [0.717, 1.165) is 23.1 Å². The molecule has 90 valence electrons. The molecule has 1 aliphatic heterocycles. The second-order valence-electron chi connectivity index (χ2n) is 5.73. The highest BCUT2D eigenvalue weighted by Crippen LogP contribution is 2.26. The van der Waals surface area contributed by atoms with Gasteiger partial charge >= 0.3 is 0 Å². The van der Waals surface area contributed by atoms with E-state index >= 15 is 0 Å². The fraction of sp³-hybridized carbons (Fsp3) is 0.400. The lowest BCUT2D eigenvalue weighted by molar-refractivity contribution is 0.0958. The maximum absolute atomic E-state index is 11.9. The molecule has 0 unspecified atom stereocenters. The monoisotopic (exact) mass is 229 g/mol. The molecule has 17 heavy (non-hydrogen) atoms. The molecule has 0 bridgehead atoms. The van der Waals surface area contributed by atoms with Gasteiger partial charge in [0, 0.05) is 12.1 Å². The van der Waals surface area contributed by atoms with Crippen molar-refractivity contribution in [2.24, 2.45) is 0 Å². The second kappa shape index (κ2) is 4.02. The number of carbonyl (C=O) groups is 1. The van der Waals surface area contributed by atoms with E-state index in [-0.39, 0.29) is 11.3 Å². The van der Waals surface area contributed by atoms with Crippen LogP contribution in [0.4, 0.5) is 0 Å². The molecule has 1 aromatic carbocycles. The molecule has 0 saturated heterocycles. The number of rotatable bonds is 0. The zero-order chi connectivity index (χ0) is 12.6. The lowest BCUT2D eigenvalue weighted by atomic mass is 9.84. The van der Waals surface area contributed by atoms with Gasteiger partial charge < -0.3 is 5.32 Å². The minimum absolute atomic E-state index is 0.0131. The fourth-order valence-corrected chi connectivity index (χ4v) is 2.06. The molecule has 1 aliphatic rings. The molecule has 0 saturated carbocycles. The second-order valence-corrected chi connectivity index (χ2v) is 5.73. The Balaban J connectivity index is 2.50. The largest absolute Gasteiger partial charge is 0.348 e. The van der Waals surface area contributed by atoms with Crippen LogP contribution in [0, 0.1) is 0 Å². The van der Waals surface area contributed by atoms with Gasteiger partial charge in [0.2, 0.25) is 0 Å². The molecular formula is C15H19NO. The molecule has 0 atom stereocenters. The number of hydrogen-bond acceptors (Lipinski definition) is 1. The Morgan fingerprint density at radius 3 is 2.65 bits per heavy atom. The summed E-state index contributed by atoms with van der Waals surface area (Å²) in [7, 11) is 0. The van der Waals surface area contributed by atoms with Gasteiger partial charge in [0.1, 0.15) is 0 Å². The first-order valence-electron chi connectivity index (χ1n) is 5.96. The molecule has 0 aliphatic carbocycles. The predicted octanol–water partition coefficient (Wildman–Crippen LogP) is 2.83. The highest BCUT2D eigenvalue weighted by molar-refractivity contribution is 5.96. The van der Waals surface area contributed by atoms with Crippen molar-refractivity contribution in [1.29, 1.82) is 0 Å². The molecule has 1 heterocycles. The lowest BCUT2D eigenvalue weighted by Crippen LogP contribution is -2.23. The van der Waals surface area contributed by atoms with E-state index in [2.05, 4.69) is 38.7 Å². The third kappa shape index (κ3) is 2.41. The van der Waals surface area contributed by atoms with Crippen LogP contribution in [-0.2, 0) is 11.8 Å². The molecule has 2 nitrogen and oxygen atoms in total. The van der Waals surface area contributed by atoms with E-state index < -0.39 is 0 Å². The first-order valence-corrected chi connectivity index (χ1v) is 5.96. The van der Waals surface area contributed by atoms with Crippen LogP contribution < -0.4 is 5.32 Å². The molecule has 0 radical (unpaired) electrons. The Bertz CT molecular complexity index is 480. The van der Waals surface area contributed by atoms with E-state index in [4.69, 9.17) is 0 Å². The number of nitrogens with one attached hydrogen (secondary N) is 1. The van der Waals surface area contributed by atoms with Crippen LogP contribution in [0.1, 0.15) is 42.3 Å². The molecule has 1 aromatic rings. The van der Waals surface area contributed by atoms with E-state index in [1.54, 1.807) is 0 Å². The SMILES string of the molecule is C=C1CNC(=O)c2ccc(C(C)(C)C)cc2C1. The van der Waals surface area contributed by atoms with E-state index in [0.29, 0.717) is 6.54 Å². The van der Waals surface area contributed by atoms with Crippen molar-refractivity contribution in [2.45, 2.75) is 32.6 Å². The van der Waals surface area contributed by atoms with Gasteiger partial charge in [-0.15, -0.1) is 0 Å². The molecule has 2 heteroatoms. The van der Waals surface area contributed by atoms with Crippen molar-refractivity contribution < 1.29 is 4.79 Å². The van der Waals surface area contributed by atoms with Crippen molar-refractivity contribution in [2.75, 3.05) is 6.54 Å². The summed E-state index contributed by atoms with van der Waals surface area (Å²) in [6.45, 7) is 11.1. The third-order valence-electron chi connectivity index (χ3n) is 3.16. The maximum atomic E-state index is 11.9. The van der Waals surface area contributed by atoms with Crippen LogP contribution in [0.25, 0.3) is 0 Å². The van der Waals surface area contributed by atoms with Gasteiger partial charge in [-0.3, -0.25) is 4.79 Å². The van der Waals surface area contributed by atoms with Crippen LogP contribution in [0.15, 0.2) is 30.4 Å². The number of benzene rings is 1. The molecule has 0 fully saturated rings. The van der Waals surface area contributed by atoms with E-state index in [1.165, 1.54) is 5.56 Å². The third-order valence-corrected chi connectivity index (χ3v) is 3.16. The Kier molecular flexibility index (Phi) is 2.82. The molecule has 1 N–H and O–H groups in total. The average Bonchev–Trinajstić information content (AvgIpc) is 2.37. The van der Waals surface area contributed by atoms with Crippen LogP contribution >= 0.6 is 0 Å². The number of fused-ring (bicyclic) bond motifs is 1. The molecular weight excluding hydrogens is 210 g/mol. The van der Waals surface area contributed by atoms with Crippen molar-refractivity contribution in [3.05, 3.63) is 47.0 Å². The van der Waals surface area contributed by atoms with Crippen LogP contribution in [0.5, 0.6) is 0 Å². The van der Waals surface area contributed by atoms with E-state index in [1.807, 2.05) is 12.1 Å². The smallest absolute Gasteiger partial charge is 0.251 e. The van der Waals surface area contributed by atoms with Gasteiger partial charge in [-0.05, 0) is 29.0 Å². The summed E-state index contributed by atoms with van der Waals surface area (Å²) in [5.74, 6) is 0.0131. The summed E-state index contributed by atoms with van der Waals surface area (Å²) >= 11 is 0. The van der Waals surface area contributed by atoms with Gasteiger partial charge in [-0.1, -0.05) is 45.1 Å². The van der Waals surface area contributed by atoms with Crippen LogP contribution in [0.2, 0.25) is 0 Å². The Morgan fingerprint density at radius 1 is 1.29 bits per heavy atom. The lowest BCUT2D eigenvalue weighted by Gasteiger charge is -2.20. The Morgan fingerprint density at radius 2 is 2.00 bits per heavy atom. The molecule has 2 rings (SSSR count). The summed E-state index contributed by atoms with van der Waals surface area (Å²) in [5.41, 5.74) is 4.31. The summed E-state index contributed by atoms with van der Waals surface area (Å²) in [4.78, 5) is 11.9. The predicted molar refractivity (Wildman–Crippen MR) is 70.3 cm³/mol. The minimum atomic E-state index is 0.0131. The highest BCUT2D eigenvalue weighted by Gasteiger charge is 2.20. The summed E-state index contributed by atoms with van der Waals surface area (Å²) in [5, 5.41) is 2.87. The standard InChI is InChI=1S/C15H19NO/c1-10-7-11-8-12(15(2,3)4)5-6-13(11)14(17)16-9-10/h5-6,8H,1,7,9H2,2-4H3,(H,16,17). The molecule has 0 aromatic heterocycles. The van der Waals surface area contributed by atoms with E-state index in [9.17, 15) is 4.79 Å². The number of amides is 1. The first kappa shape index (κ1) is 11.9. The first-order chi connectivity index (χ1) is 7.88. The molecule has 0 spiro atoms. The summed E-state index contributed by atoms with van der Waals surface area (Å²) in [6.07, 6.45) is 0.790. The zero-order valence-electron chi connectivity index (χ0n) is 10.8.